The zero-order chi connectivity index (χ0) is 9.80. The molecule has 0 radical (unpaired) electrons. The third-order valence-corrected chi connectivity index (χ3v) is 1.76. The highest BCUT2D eigenvalue weighted by Crippen LogP contribution is 2.15. The Balaban J connectivity index is 2.10. The van der Waals surface area contributed by atoms with Crippen LogP contribution < -0.4 is 0 Å². The largest absolute Gasteiger partial charge is 0.461 e. The minimum atomic E-state index is 0.123. The van der Waals surface area contributed by atoms with E-state index in [0.29, 0.717) is 30.3 Å². The van der Waals surface area contributed by atoms with Gasteiger partial charge in [0, 0.05) is 13.0 Å². The summed E-state index contributed by atoms with van der Waals surface area (Å²) in [5.41, 5.74) is 0. The van der Waals surface area contributed by atoms with Crippen molar-refractivity contribution in [2.75, 3.05) is 6.61 Å². The highest BCUT2D eigenvalue weighted by Gasteiger charge is 2.09. The number of aromatic nitrogens is 2. The molecule has 2 aromatic heterocycles. The van der Waals surface area contributed by atoms with E-state index < -0.39 is 0 Å². The van der Waals surface area contributed by atoms with Gasteiger partial charge in [-0.05, 0) is 18.6 Å². The molecular formula is C9H10N2O3. The van der Waals surface area contributed by atoms with E-state index in [2.05, 4.69) is 10.1 Å². The van der Waals surface area contributed by atoms with Crippen LogP contribution in [-0.4, -0.2) is 21.9 Å². The average Bonchev–Trinajstić information content (AvgIpc) is 2.85. The van der Waals surface area contributed by atoms with E-state index in [0.717, 1.165) is 0 Å². The maximum Gasteiger partial charge on any atom is 0.238 e. The van der Waals surface area contributed by atoms with E-state index in [9.17, 15) is 0 Å². The number of rotatable bonds is 4. The fourth-order valence-electron chi connectivity index (χ4n) is 1.09. The van der Waals surface area contributed by atoms with Gasteiger partial charge in [0.2, 0.25) is 11.7 Å². The van der Waals surface area contributed by atoms with Crippen molar-refractivity contribution in [1.82, 2.24) is 10.1 Å². The lowest BCUT2D eigenvalue weighted by molar-refractivity contribution is 0.278. The lowest BCUT2D eigenvalue weighted by Gasteiger charge is -1.87. The molecule has 5 nitrogen and oxygen atoms in total. The van der Waals surface area contributed by atoms with Crippen molar-refractivity contribution in [3.05, 3.63) is 24.3 Å². The molecule has 0 aromatic carbocycles. The Kier molecular flexibility index (Phi) is 2.60. The van der Waals surface area contributed by atoms with Crippen molar-refractivity contribution in [3.8, 4) is 11.6 Å². The van der Waals surface area contributed by atoms with Crippen LogP contribution in [0, 0.1) is 0 Å². The molecule has 2 heterocycles. The molecule has 14 heavy (non-hydrogen) atoms. The number of furan rings is 1. The molecule has 2 aromatic rings. The van der Waals surface area contributed by atoms with Gasteiger partial charge in [-0.15, -0.1) is 0 Å². The number of nitrogens with zero attached hydrogens (tertiary/aromatic N) is 2. The number of hydrogen-bond acceptors (Lipinski definition) is 5. The first kappa shape index (κ1) is 8.96. The van der Waals surface area contributed by atoms with Crippen LogP contribution in [0.3, 0.4) is 0 Å². The summed E-state index contributed by atoms with van der Waals surface area (Å²) in [6, 6.07) is 3.53. The van der Waals surface area contributed by atoms with Gasteiger partial charge >= 0.3 is 0 Å². The van der Waals surface area contributed by atoms with Gasteiger partial charge in [0.1, 0.15) is 0 Å². The third-order valence-electron chi connectivity index (χ3n) is 1.76. The maximum absolute atomic E-state index is 8.61. The molecule has 1 N–H and O–H groups in total. The van der Waals surface area contributed by atoms with Crippen LogP contribution >= 0.6 is 0 Å². The minimum absolute atomic E-state index is 0.123. The third kappa shape index (κ3) is 1.82. The van der Waals surface area contributed by atoms with Gasteiger partial charge in [-0.25, -0.2) is 0 Å². The van der Waals surface area contributed by atoms with Crippen molar-refractivity contribution in [3.63, 3.8) is 0 Å². The predicted octanol–water partition coefficient (Wildman–Crippen LogP) is 1.25. The average molecular weight is 194 g/mol. The molecular weight excluding hydrogens is 184 g/mol. The molecule has 2 rings (SSSR count). The van der Waals surface area contributed by atoms with Crippen LogP contribution in [0.25, 0.3) is 11.6 Å². The minimum Gasteiger partial charge on any atom is -0.461 e. The predicted molar refractivity (Wildman–Crippen MR) is 47.4 cm³/mol. The van der Waals surface area contributed by atoms with Crippen LogP contribution in [-0.2, 0) is 6.42 Å². The Hall–Kier alpha value is -1.62. The topological polar surface area (TPSA) is 72.3 Å². The molecule has 0 atom stereocenters. The fraction of sp³-hybridized carbons (Fsp3) is 0.333. The summed E-state index contributed by atoms with van der Waals surface area (Å²) >= 11 is 0. The van der Waals surface area contributed by atoms with Crippen molar-refractivity contribution < 1.29 is 14.0 Å². The molecule has 0 fully saturated rings. The van der Waals surface area contributed by atoms with Crippen LogP contribution in [0.15, 0.2) is 27.3 Å². The summed E-state index contributed by atoms with van der Waals surface area (Å²) in [6.07, 6.45) is 2.77. The van der Waals surface area contributed by atoms with Crippen molar-refractivity contribution in [1.29, 1.82) is 0 Å². The Morgan fingerprint density at radius 1 is 1.43 bits per heavy atom. The van der Waals surface area contributed by atoms with Gasteiger partial charge in [-0.3, -0.25) is 0 Å². The fourth-order valence-corrected chi connectivity index (χ4v) is 1.09. The molecule has 5 heteroatoms. The van der Waals surface area contributed by atoms with Crippen molar-refractivity contribution in [2.45, 2.75) is 12.8 Å². The second-order valence-electron chi connectivity index (χ2n) is 2.82. The smallest absolute Gasteiger partial charge is 0.238 e. The normalized spacial score (nSPS) is 10.6. The highest BCUT2D eigenvalue weighted by molar-refractivity contribution is 5.44. The molecule has 0 amide bonds. The Bertz CT molecular complexity index is 380. The summed E-state index contributed by atoms with van der Waals surface area (Å²) in [4.78, 5) is 4.11. The van der Waals surface area contributed by atoms with E-state index in [1.807, 2.05) is 0 Å². The van der Waals surface area contributed by atoms with E-state index >= 15 is 0 Å². The van der Waals surface area contributed by atoms with E-state index in [4.69, 9.17) is 14.0 Å². The first-order valence-corrected chi connectivity index (χ1v) is 4.37. The maximum atomic E-state index is 8.61. The van der Waals surface area contributed by atoms with E-state index in [-0.39, 0.29) is 6.61 Å². The SMILES string of the molecule is OCCCc1nc(-c2ccco2)no1. The van der Waals surface area contributed by atoms with Gasteiger partial charge in [-0.2, -0.15) is 4.98 Å². The number of hydrogen-bond donors (Lipinski definition) is 1. The summed E-state index contributed by atoms with van der Waals surface area (Å²) in [5, 5.41) is 12.4. The van der Waals surface area contributed by atoms with E-state index in [1.165, 1.54) is 0 Å². The van der Waals surface area contributed by atoms with Crippen LogP contribution in [0.2, 0.25) is 0 Å². The van der Waals surface area contributed by atoms with Crippen LogP contribution in [0.1, 0.15) is 12.3 Å². The van der Waals surface area contributed by atoms with Gasteiger partial charge in [-0.1, -0.05) is 5.16 Å². The monoisotopic (exact) mass is 194 g/mol. The van der Waals surface area contributed by atoms with Crippen molar-refractivity contribution >= 4 is 0 Å². The van der Waals surface area contributed by atoms with Gasteiger partial charge in [0.15, 0.2) is 5.76 Å². The second-order valence-corrected chi connectivity index (χ2v) is 2.82. The van der Waals surface area contributed by atoms with Gasteiger partial charge in [0.25, 0.3) is 0 Å². The lowest BCUT2D eigenvalue weighted by Crippen LogP contribution is -1.89. The Labute approximate surface area is 80.4 Å². The first-order chi connectivity index (χ1) is 6.90. The summed E-state index contributed by atoms with van der Waals surface area (Å²) < 4.78 is 10.1. The Morgan fingerprint density at radius 2 is 2.36 bits per heavy atom. The number of aliphatic hydroxyl groups is 1. The number of aryl methyl sites for hydroxylation is 1. The molecule has 0 unspecified atom stereocenters. The standard InChI is InChI=1S/C9H10N2O3/c12-5-1-4-8-10-9(11-14-8)7-3-2-6-13-7/h2-3,6,12H,1,4-5H2. The second kappa shape index (κ2) is 4.06. The lowest BCUT2D eigenvalue weighted by atomic mass is 10.3. The van der Waals surface area contributed by atoms with Crippen LogP contribution in [0.4, 0.5) is 0 Å². The zero-order valence-electron chi connectivity index (χ0n) is 7.51. The molecule has 0 aliphatic heterocycles. The highest BCUT2D eigenvalue weighted by atomic mass is 16.5. The molecule has 0 saturated carbocycles. The molecule has 0 aliphatic rings. The summed E-state index contributed by atoms with van der Waals surface area (Å²) in [7, 11) is 0. The number of aliphatic hydroxyl groups excluding tert-OH is 1. The molecule has 0 bridgehead atoms. The summed E-state index contributed by atoms with van der Waals surface area (Å²) in [6.45, 7) is 0.123. The zero-order valence-corrected chi connectivity index (χ0v) is 7.51. The summed E-state index contributed by atoms with van der Waals surface area (Å²) in [5.74, 6) is 1.55. The molecule has 74 valence electrons. The quantitative estimate of drug-likeness (QED) is 0.793. The van der Waals surface area contributed by atoms with E-state index in [1.54, 1.807) is 18.4 Å². The van der Waals surface area contributed by atoms with Gasteiger partial charge in [0.05, 0.1) is 6.26 Å². The van der Waals surface area contributed by atoms with Crippen molar-refractivity contribution in [2.24, 2.45) is 0 Å². The Morgan fingerprint density at radius 3 is 3.07 bits per heavy atom. The molecule has 0 aliphatic carbocycles. The first-order valence-electron chi connectivity index (χ1n) is 4.37. The molecule has 0 spiro atoms. The van der Waals surface area contributed by atoms with Gasteiger partial charge < -0.3 is 14.0 Å². The van der Waals surface area contributed by atoms with Crippen LogP contribution in [0.5, 0.6) is 0 Å². The molecule has 0 saturated heterocycles.